The first-order chi connectivity index (χ1) is 8.72. The van der Waals surface area contributed by atoms with Gasteiger partial charge in [-0.2, -0.15) is 0 Å². The van der Waals surface area contributed by atoms with E-state index >= 15 is 0 Å². The first-order valence-electron chi connectivity index (χ1n) is 6.51. The molecule has 18 heavy (non-hydrogen) atoms. The SMILES string of the molecule is CCCC(C(=O)NN)N(CC)Cc1ccccc1. The lowest BCUT2D eigenvalue weighted by atomic mass is 10.1. The van der Waals surface area contributed by atoms with Gasteiger partial charge in [-0.1, -0.05) is 50.6 Å². The number of hydrogen-bond donors (Lipinski definition) is 2. The normalized spacial score (nSPS) is 12.4. The van der Waals surface area contributed by atoms with Gasteiger partial charge in [0.2, 0.25) is 0 Å². The Morgan fingerprint density at radius 2 is 2.00 bits per heavy atom. The van der Waals surface area contributed by atoms with E-state index in [1.54, 1.807) is 0 Å². The van der Waals surface area contributed by atoms with Gasteiger partial charge in [0, 0.05) is 6.54 Å². The number of nitrogens with one attached hydrogen (secondary N) is 1. The van der Waals surface area contributed by atoms with E-state index in [2.05, 4.69) is 36.3 Å². The lowest BCUT2D eigenvalue weighted by Gasteiger charge is -2.29. The van der Waals surface area contributed by atoms with Gasteiger partial charge in [-0.3, -0.25) is 15.1 Å². The first-order valence-corrected chi connectivity index (χ1v) is 6.51. The van der Waals surface area contributed by atoms with Crippen molar-refractivity contribution in [3.05, 3.63) is 35.9 Å². The molecular weight excluding hydrogens is 226 g/mol. The molecule has 1 amide bonds. The van der Waals surface area contributed by atoms with E-state index in [9.17, 15) is 4.79 Å². The summed E-state index contributed by atoms with van der Waals surface area (Å²) in [6, 6.07) is 10.0. The minimum Gasteiger partial charge on any atom is -0.293 e. The number of hydrazine groups is 1. The number of benzene rings is 1. The summed E-state index contributed by atoms with van der Waals surface area (Å²) in [6.45, 7) is 5.74. The zero-order valence-electron chi connectivity index (χ0n) is 11.2. The molecule has 0 fully saturated rings. The van der Waals surface area contributed by atoms with E-state index in [4.69, 9.17) is 5.84 Å². The summed E-state index contributed by atoms with van der Waals surface area (Å²) in [7, 11) is 0. The van der Waals surface area contributed by atoms with Gasteiger partial charge < -0.3 is 0 Å². The number of rotatable bonds is 7. The molecule has 0 heterocycles. The van der Waals surface area contributed by atoms with Crippen molar-refractivity contribution in [2.24, 2.45) is 5.84 Å². The molecule has 1 unspecified atom stereocenters. The van der Waals surface area contributed by atoms with Crippen molar-refractivity contribution in [2.45, 2.75) is 39.3 Å². The van der Waals surface area contributed by atoms with Crippen LogP contribution in [0.3, 0.4) is 0 Å². The molecule has 0 saturated heterocycles. The van der Waals surface area contributed by atoms with Crippen molar-refractivity contribution in [3.8, 4) is 0 Å². The average Bonchev–Trinajstić information content (AvgIpc) is 2.43. The van der Waals surface area contributed by atoms with Gasteiger partial charge in [0.25, 0.3) is 5.91 Å². The molecule has 4 nitrogen and oxygen atoms in total. The lowest BCUT2D eigenvalue weighted by molar-refractivity contribution is -0.127. The Morgan fingerprint density at radius 1 is 1.33 bits per heavy atom. The molecule has 3 N–H and O–H groups in total. The van der Waals surface area contributed by atoms with Gasteiger partial charge in [0.15, 0.2) is 0 Å². The van der Waals surface area contributed by atoms with E-state index in [1.165, 1.54) is 5.56 Å². The van der Waals surface area contributed by atoms with Gasteiger partial charge in [-0.05, 0) is 18.5 Å². The van der Waals surface area contributed by atoms with Gasteiger partial charge in [-0.25, -0.2) is 5.84 Å². The standard InChI is InChI=1S/C14H23N3O/c1-3-8-13(14(18)16-15)17(4-2)11-12-9-6-5-7-10-12/h5-7,9-10,13H,3-4,8,11,15H2,1-2H3,(H,16,18). The third kappa shape index (κ3) is 4.13. The van der Waals surface area contributed by atoms with Crippen LogP contribution in [0.5, 0.6) is 0 Å². The summed E-state index contributed by atoms with van der Waals surface area (Å²) in [5, 5.41) is 0. The Labute approximate surface area is 109 Å². The van der Waals surface area contributed by atoms with Crippen LogP contribution in [0, 0.1) is 0 Å². The van der Waals surface area contributed by atoms with Crippen molar-refractivity contribution in [2.75, 3.05) is 6.54 Å². The maximum atomic E-state index is 11.8. The Hall–Kier alpha value is -1.39. The highest BCUT2D eigenvalue weighted by Crippen LogP contribution is 2.12. The molecule has 4 heteroatoms. The van der Waals surface area contributed by atoms with Crippen molar-refractivity contribution in [1.82, 2.24) is 10.3 Å². The topological polar surface area (TPSA) is 58.4 Å². The van der Waals surface area contributed by atoms with Gasteiger partial charge >= 0.3 is 0 Å². The summed E-state index contributed by atoms with van der Waals surface area (Å²) >= 11 is 0. The molecule has 0 radical (unpaired) electrons. The van der Waals surface area contributed by atoms with Crippen LogP contribution >= 0.6 is 0 Å². The predicted molar refractivity (Wildman–Crippen MR) is 73.6 cm³/mol. The minimum atomic E-state index is -0.148. The number of nitrogens with two attached hydrogens (primary N) is 1. The monoisotopic (exact) mass is 249 g/mol. The van der Waals surface area contributed by atoms with Crippen LogP contribution in [-0.4, -0.2) is 23.4 Å². The Balaban J connectivity index is 2.75. The molecule has 1 aromatic rings. The summed E-state index contributed by atoms with van der Waals surface area (Å²) in [5.74, 6) is 5.16. The van der Waals surface area contributed by atoms with Crippen LogP contribution in [0.25, 0.3) is 0 Å². The summed E-state index contributed by atoms with van der Waals surface area (Å²) in [6.07, 6.45) is 1.78. The minimum absolute atomic E-state index is 0.102. The maximum Gasteiger partial charge on any atom is 0.251 e. The summed E-state index contributed by atoms with van der Waals surface area (Å²) in [4.78, 5) is 14.0. The molecule has 0 bridgehead atoms. The van der Waals surface area contributed by atoms with E-state index in [0.29, 0.717) is 0 Å². The molecule has 0 aromatic heterocycles. The predicted octanol–water partition coefficient (Wildman–Crippen LogP) is 1.67. The van der Waals surface area contributed by atoms with Crippen molar-refractivity contribution >= 4 is 5.91 Å². The number of hydrogen-bond acceptors (Lipinski definition) is 3. The summed E-state index contributed by atoms with van der Waals surface area (Å²) < 4.78 is 0. The molecule has 1 rings (SSSR count). The van der Waals surface area contributed by atoms with Gasteiger partial charge in [-0.15, -0.1) is 0 Å². The van der Waals surface area contributed by atoms with E-state index in [-0.39, 0.29) is 11.9 Å². The van der Waals surface area contributed by atoms with Gasteiger partial charge in [0.1, 0.15) is 0 Å². The van der Waals surface area contributed by atoms with Crippen LogP contribution < -0.4 is 11.3 Å². The fourth-order valence-electron chi connectivity index (χ4n) is 2.11. The third-order valence-electron chi connectivity index (χ3n) is 3.08. The zero-order valence-corrected chi connectivity index (χ0v) is 11.2. The third-order valence-corrected chi connectivity index (χ3v) is 3.08. The molecular formula is C14H23N3O. The lowest BCUT2D eigenvalue weighted by Crippen LogP contribution is -2.48. The number of nitrogens with zero attached hydrogens (tertiary/aromatic N) is 1. The van der Waals surface area contributed by atoms with Gasteiger partial charge in [0.05, 0.1) is 6.04 Å². The number of carbonyl (C=O) groups excluding carboxylic acids is 1. The number of amides is 1. The fourth-order valence-corrected chi connectivity index (χ4v) is 2.11. The second kappa shape index (κ2) is 7.84. The van der Waals surface area contributed by atoms with Crippen molar-refractivity contribution in [3.63, 3.8) is 0 Å². The fraction of sp³-hybridized carbons (Fsp3) is 0.500. The average molecular weight is 249 g/mol. The van der Waals surface area contributed by atoms with Crippen molar-refractivity contribution in [1.29, 1.82) is 0 Å². The quantitative estimate of drug-likeness (QED) is 0.439. The molecule has 0 spiro atoms. The van der Waals surface area contributed by atoms with Crippen LogP contribution in [0.15, 0.2) is 30.3 Å². The summed E-state index contributed by atoms with van der Waals surface area (Å²) in [5.41, 5.74) is 3.48. The maximum absolute atomic E-state index is 11.8. The molecule has 1 atom stereocenters. The Morgan fingerprint density at radius 3 is 2.50 bits per heavy atom. The highest BCUT2D eigenvalue weighted by molar-refractivity contribution is 5.81. The molecule has 100 valence electrons. The first kappa shape index (κ1) is 14.7. The number of carbonyl (C=O) groups is 1. The van der Waals surface area contributed by atoms with E-state index in [1.807, 2.05) is 18.2 Å². The smallest absolute Gasteiger partial charge is 0.251 e. The second-order valence-corrected chi connectivity index (χ2v) is 4.36. The Kier molecular flexibility index (Phi) is 6.39. The number of likely N-dealkylation sites (N-methyl/N-ethyl adjacent to an activating group) is 1. The molecule has 0 saturated carbocycles. The highest BCUT2D eigenvalue weighted by atomic mass is 16.2. The van der Waals surface area contributed by atoms with Crippen LogP contribution in [0.4, 0.5) is 0 Å². The second-order valence-electron chi connectivity index (χ2n) is 4.36. The van der Waals surface area contributed by atoms with Crippen LogP contribution in [0.1, 0.15) is 32.3 Å². The van der Waals surface area contributed by atoms with E-state index in [0.717, 1.165) is 25.9 Å². The molecule has 1 aromatic carbocycles. The van der Waals surface area contributed by atoms with Crippen LogP contribution in [0.2, 0.25) is 0 Å². The Bertz CT molecular complexity index is 353. The zero-order chi connectivity index (χ0) is 13.4. The van der Waals surface area contributed by atoms with E-state index < -0.39 is 0 Å². The van der Waals surface area contributed by atoms with Crippen LogP contribution in [-0.2, 0) is 11.3 Å². The van der Waals surface area contributed by atoms with Crippen molar-refractivity contribution < 1.29 is 4.79 Å². The molecule has 0 aliphatic heterocycles. The molecule has 0 aliphatic carbocycles. The molecule has 0 aliphatic rings. The largest absolute Gasteiger partial charge is 0.293 e. The highest BCUT2D eigenvalue weighted by Gasteiger charge is 2.23.